The van der Waals surface area contributed by atoms with E-state index in [1.807, 2.05) is 66.1 Å². The smallest absolute Gasteiger partial charge is 0.222 e. The highest BCUT2D eigenvalue weighted by Crippen LogP contribution is 2.12. The van der Waals surface area contributed by atoms with Gasteiger partial charge in [0.05, 0.1) is 29.5 Å². The van der Waals surface area contributed by atoms with E-state index in [-0.39, 0.29) is 11.9 Å². The molecular formula is C20H23N3O2. The van der Waals surface area contributed by atoms with Crippen LogP contribution in [0.1, 0.15) is 18.9 Å². The molecule has 2 aromatic carbocycles. The van der Waals surface area contributed by atoms with Crippen LogP contribution in [0.25, 0.3) is 11.0 Å². The van der Waals surface area contributed by atoms with Crippen molar-refractivity contribution in [3.63, 3.8) is 0 Å². The number of nitrogens with zero attached hydrogens (tertiary/aromatic N) is 2. The maximum absolute atomic E-state index is 12.2. The topological polar surface area (TPSA) is 67.2 Å². The van der Waals surface area contributed by atoms with Crippen molar-refractivity contribution in [2.75, 3.05) is 0 Å². The first-order chi connectivity index (χ1) is 12.1. The van der Waals surface area contributed by atoms with E-state index < -0.39 is 6.10 Å². The highest BCUT2D eigenvalue weighted by atomic mass is 16.3. The van der Waals surface area contributed by atoms with E-state index in [0.29, 0.717) is 19.4 Å². The van der Waals surface area contributed by atoms with E-state index in [2.05, 4.69) is 10.3 Å². The van der Waals surface area contributed by atoms with Crippen LogP contribution < -0.4 is 5.32 Å². The zero-order valence-corrected chi connectivity index (χ0v) is 14.3. The zero-order chi connectivity index (χ0) is 17.6. The lowest BCUT2D eigenvalue weighted by Crippen LogP contribution is -2.42. The van der Waals surface area contributed by atoms with Crippen molar-refractivity contribution >= 4 is 16.9 Å². The number of fused-ring (bicyclic) bond motifs is 1. The summed E-state index contributed by atoms with van der Waals surface area (Å²) >= 11 is 0. The van der Waals surface area contributed by atoms with Crippen molar-refractivity contribution in [1.29, 1.82) is 0 Å². The van der Waals surface area contributed by atoms with E-state index in [9.17, 15) is 9.90 Å². The van der Waals surface area contributed by atoms with Gasteiger partial charge in [-0.05, 0) is 24.6 Å². The standard InChI is InChI=1S/C20H23N3O2/c1-15(19(24)13-16-7-3-2-4-8-16)22-20(25)11-12-23-14-21-17-9-5-6-10-18(17)23/h2-10,14-15,19,24H,11-13H2,1H3,(H,22,25). The van der Waals surface area contributed by atoms with Gasteiger partial charge in [0, 0.05) is 19.4 Å². The van der Waals surface area contributed by atoms with Gasteiger partial charge < -0.3 is 15.0 Å². The van der Waals surface area contributed by atoms with Crippen LogP contribution in [-0.4, -0.2) is 32.7 Å². The molecule has 3 aromatic rings. The minimum absolute atomic E-state index is 0.0719. The van der Waals surface area contributed by atoms with Gasteiger partial charge in [0.25, 0.3) is 0 Å². The Hall–Kier alpha value is -2.66. The summed E-state index contributed by atoms with van der Waals surface area (Å²) in [5, 5.41) is 13.2. The lowest BCUT2D eigenvalue weighted by Gasteiger charge is -2.20. The lowest BCUT2D eigenvalue weighted by molar-refractivity contribution is -0.122. The summed E-state index contributed by atoms with van der Waals surface area (Å²) in [4.78, 5) is 16.5. The largest absolute Gasteiger partial charge is 0.391 e. The fourth-order valence-corrected chi connectivity index (χ4v) is 2.87. The maximum atomic E-state index is 12.2. The van der Waals surface area contributed by atoms with Crippen LogP contribution in [0.3, 0.4) is 0 Å². The molecule has 5 heteroatoms. The average molecular weight is 337 g/mol. The Balaban J connectivity index is 1.50. The molecule has 0 radical (unpaired) electrons. The van der Waals surface area contributed by atoms with Crippen molar-refractivity contribution in [1.82, 2.24) is 14.9 Å². The molecule has 0 aliphatic carbocycles. The van der Waals surface area contributed by atoms with Crippen LogP contribution in [0.15, 0.2) is 60.9 Å². The normalized spacial score (nSPS) is 13.5. The average Bonchev–Trinajstić information content (AvgIpc) is 3.04. The third-order valence-corrected chi connectivity index (χ3v) is 4.36. The second kappa shape index (κ2) is 7.94. The number of hydrogen-bond acceptors (Lipinski definition) is 3. The zero-order valence-electron chi connectivity index (χ0n) is 14.3. The molecule has 2 atom stereocenters. The number of aromatic nitrogens is 2. The molecular weight excluding hydrogens is 314 g/mol. The van der Waals surface area contributed by atoms with Crippen LogP contribution in [0, 0.1) is 0 Å². The van der Waals surface area contributed by atoms with Gasteiger partial charge in [-0.3, -0.25) is 4.79 Å². The van der Waals surface area contributed by atoms with Gasteiger partial charge >= 0.3 is 0 Å². The first-order valence-electron chi connectivity index (χ1n) is 8.54. The predicted molar refractivity (Wildman–Crippen MR) is 98.1 cm³/mol. The predicted octanol–water partition coefficient (Wildman–Crippen LogP) is 2.53. The highest BCUT2D eigenvalue weighted by Gasteiger charge is 2.17. The van der Waals surface area contributed by atoms with Gasteiger partial charge in [-0.25, -0.2) is 4.98 Å². The summed E-state index contributed by atoms with van der Waals surface area (Å²) in [6.45, 7) is 2.39. The minimum Gasteiger partial charge on any atom is -0.391 e. The molecule has 1 heterocycles. The number of rotatable bonds is 7. The number of imidazole rings is 1. The molecule has 0 saturated carbocycles. The van der Waals surface area contributed by atoms with Gasteiger partial charge in [0.2, 0.25) is 5.91 Å². The van der Waals surface area contributed by atoms with Crippen LogP contribution in [0.2, 0.25) is 0 Å². The molecule has 1 aromatic heterocycles. The minimum atomic E-state index is -0.611. The van der Waals surface area contributed by atoms with Gasteiger partial charge in [0.15, 0.2) is 0 Å². The Bertz CT molecular complexity index is 829. The van der Waals surface area contributed by atoms with Crippen LogP contribution >= 0.6 is 0 Å². The number of benzene rings is 2. The van der Waals surface area contributed by atoms with Gasteiger partial charge in [0.1, 0.15) is 0 Å². The third-order valence-electron chi connectivity index (χ3n) is 4.36. The second-order valence-corrected chi connectivity index (χ2v) is 6.29. The van der Waals surface area contributed by atoms with Crippen LogP contribution in [-0.2, 0) is 17.8 Å². The maximum Gasteiger partial charge on any atom is 0.222 e. The molecule has 5 nitrogen and oxygen atoms in total. The molecule has 130 valence electrons. The molecule has 0 fully saturated rings. The second-order valence-electron chi connectivity index (χ2n) is 6.29. The Morgan fingerprint density at radius 2 is 1.88 bits per heavy atom. The number of carbonyl (C=O) groups excluding carboxylic acids is 1. The fraction of sp³-hybridized carbons (Fsp3) is 0.300. The van der Waals surface area contributed by atoms with E-state index in [4.69, 9.17) is 0 Å². The van der Waals surface area contributed by atoms with Crippen LogP contribution in [0.5, 0.6) is 0 Å². The van der Waals surface area contributed by atoms with Gasteiger partial charge in [-0.15, -0.1) is 0 Å². The number of aryl methyl sites for hydroxylation is 1. The summed E-state index contributed by atoms with van der Waals surface area (Å²) in [6.07, 6.45) is 2.02. The van der Waals surface area contributed by atoms with Gasteiger partial charge in [-0.1, -0.05) is 42.5 Å². The van der Waals surface area contributed by atoms with Crippen molar-refractivity contribution in [2.24, 2.45) is 0 Å². The van der Waals surface area contributed by atoms with E-state index >= 15 is 0 Å². The third kappa shape index (κ3) is 4.45. The van der Waals surface area contributed by atoms with Crippen molar-refractivity contribution in [3.05, 3.63) is 66.5 Å². The van der Waals surface area contributed by atoms with Crippen molar-refractivity contribution in [3.8, 4) is 0 Å². The molecule has 2 unspecified atom stereocenters. The summed E-state index contributed by atoms with van der Waals surface area (Å²) in [5.74, 6) is -0.0719. The molecule has 25 heavy (non-hydrogen) atoms. The fourth-order valence-electron chi connectivity index (χ4n) is 2.87. The van der Waals surface area contributed by atoms with Crippen LogP contribution in [0.4, 0.5) is 0 Å². The Kier molecular flexibility index (Phi) is 5.46. The number of para-hydroxylation sites is 2. The number of carbonyl (C=O) groups is 1. The Morgan fingerprint density at radius 1 is 1.16 bits per heavy atom. The van der Waals surface area contributed by atoms with E-state index in [1.54, 1.807) is 6.33 Å². The van der Waals surface area contributed by atoms with Gasteiger partial charge in [-0.2, -0.15) is 0 Å². The number of hydrogen-bond donors (Lipinski definition) is 2. The molecule has 2 N–H and O–H groups in total. The lowest BCUT2D eigenvalue weighted by atomic mass is 10.0. The number of nitrogens with one attached hydrogen (secondary N) is 1. The summed E-state index contributed by atoms with van der Waals surface area (Å²) in [6, 6.07) is 17.3. The van der Waals surface area contributed by atoms with Crippen molar-refractivity contribution in [2.45, 2.75) is 38.5 Å². The molecule has 1 amide bonds. The van der Waals surface area contributed by atoms with E-state index in [0.717, 1.165) is 16.6 Å². The molecule has 0 spiro atoms. The molecule has 3 rings (SSSR count). The number of aliphatic hydroxyl groups is 1. The monoisotopic (exact) mass is 337 g/mol. The molecule has 0 saturated heterocycles. The summed E-state index contributed by atoms with van der Waals surface area (Å²) in [5.41, 5.74) is 3.00. The number of amides is 1. The summed E-state index contributed by atoms with van der Waals surface area (Å²) < 4.78 is 1.97. The SMILES string of the molecule is CC(NC(=O)CCn1cnc2ccccc21)C(O)Cc1ccccc1. The Morgan fingerprint density at radius 3 is 2.68 bits per heavy atom. The molecule has 0 aliphatic heterocycles. The number of aliphatic hydroxyl groups excluding tert-OH is 1. The first-order valence-corrected chi connectivity index (χ1v) is 8.54. The quantitative estimate of drug-likeness (QED) is 0.696. The highest BCUT2D eigenvalue weighted by molar-refractivity contribution is 5.77. The first kappa shape index (κ1) is 17.2. The molecule has 0 aliphatic rings. The molecule has 0 bridgehead atoms. The van der Waals surface area contributed by atoms with E-state index in [1.165, 1.54) is 0 Å². The summed E-state index contributed by atoms with van der Waals surface area (Å²) in [7, 11) is 0. The Labute approximate surface area is 147 Å². The van der Waals surface area contributed by atoms with Crippen molar-refractivity contribution < 1.29 is 9.90 Å².